The number of nitrogens with zero attached hydrogens (tertiary/aromatic N) is 2. The van der Waals surface area contributed by atoms with Gasteiger partial charge in [0.05, 0.1) is 6.04 Å². The molecule has 162 valence electrons. The maximum absolute atomic E-state index is 13.0. The van der Waals surface area contributed by atoms with Crippen LogP contribution in [-0.4, -0.2) is 46.3 Å². The van der Waals surface area contributed by atoms with Crippen molar-refractivity contribution in [3.05, 3.63) is 34.9 Å². The van der Waals surface area contributed by atoms with Crippen LogP contribution in [0.4, 0.5) is 4.79 Å². The molecule has 0 unspecified atom stereocenters. The first-order valence-corrected chi connectivity index (χ1v) is 11.5. The Hall–Kier alpha value is -2.37. The van der Waals surface area contributed by atoms with Gasteiger partial charge in [0, 0.05) is 19.0 Å². The molecule has 2 aliphatic heterocycles. The van der Waals surface area contributed by atoms with Crippen LogP contribution in [0.25, 0.3) is 0 Å². The van der Waals surface area contributed by atoms with Gasteiger partial charge >= 0.3 is 6.03 Å². The first kappa shape index (κ1) is 20.9. The first-order chi connectivity index (χ1) is 14.5. The Bertz CT molecular complexity index is 831. The van der Waals surface area contributed by atoms with Crippen LogP contribution in [0.1, 0.15) is 80.5 Å². The lowest BCUT2D eigenvalue weighted by Gasteiger charge is -2.28. The summed E-state index contributed by atoms with van der Waals surface area (Å²) in [5.74, 6) is -0.0688. The van der Waals surface area contributed by atoms with Gasteiger partial charge in [-0.1, -0.05) is 37.5 Å². The van der Waals surface area contributed by atoms with Crippen LogP contribution in [0.2, 0.25) is 0 Å². The van der Waals surface area contributed by atoms with Crippen LogP contribution in [0.3, 0.4) is 0 Å². The van der Waals surface area contributed by atoms with E-state index in [2.05, 4.69) is 37.4 Å². The molecule has 3 aliphatic rings. The summed E-state index contributed by atoms with van der Waals surface area (Å²) >= 11 is 0. The van der Waals surface area contributed by atoms with E-state index in [0.29, 0.717) is 6.42 Å². The average Bonchev–Trinajstić information content (AvgIpc) is 3.33. The van der Waals surface area contributed by atoms with E-state index in [9.17, 15) is 14.4 Å². The van der Waals surface area contributed by atoms with Crippen molar-refractivity contribution in [3.8, 4) is 0 Å². The van der Waals surface area contributed by atoms with Crippen LogP contribution in [-0.2, 0) is 9.59 Å². The Morgan fingerprint density at radius 3 is 2.53 bits per heavy atom. The van der Waals surface area contributed by atoms with Gasteiger partial charge in [0.2, 0.25) is 5.91 Å². The minimum Gasteiger partial charge on any atom is -0.336 e. The quantitative estimate of drug-likeness (QED) is 0.745. The van der Waals surface area contributed by atoms with Gasteiger partial charge in [-0.3, -0.25) is 14.5 Å². The molecule has 4 amide bonds. The lowest BCUT2D eigenvalue weighted by Crippen LogP contribution is -2.42. The normalized spacial score (nSPS) is 25.1. The Kier molecular flexibility index (Phi) is 6.11. The lowest BCUT2D eigenvalue weighted by molar-refractivity contribution is -0.133. The third-order valence-electron chi connectivity index (χ3n) is 7.13. The van der Waals surface area contributed by atoms with Crippen molar-refractivity contribution < 1.29 is 14.4 Å². The summed E-state index contributed by atoms with van der Waals surface area (Å²) in [7, 11) is 0. The second-order valence-electron chi connectivity index (χ2n) is 9.13. The molecule has 1 N–H and O–H groups in total. The van der Waals surface area contributed by atoms with Crippen molar-refractivity contribution in [3.63, 3.8) is 0 Å². The molecule has 6 heteroatoms. The standard InChI is InChI=1S/C24H33N3O3/c1-16-10-11-18(15-17(16)2)21-9-6-14-26(21)22(28)13-12-20-23(29)27(24(30)25-20)19-7-4-3-5-8-19/h10-11,15,19-21H,3-9,12-14H2,1-2H3,(H,25,30)/t20-,21+/m1/s1. The highest BCUT2D eigenvalue weighted by Gasteiger charge is 2.42. The summed E-state index contributed by atoms with van der Waals surface area (Å²) in [6.07, 6.45) is 7.75. The Labute approximate surface area is 179 Å². The predicted molar refractivity (Wildman–Crippen MR) is 115 cm³/mol. The summed E-state index contributed by atoms with van der Waals surface area (Å²) in [6.45, 7) is 4.96. The Morgan fingerprint density at radius 2 is 1.80 bits per heavy atom. The number of aryl methyl sites for hydroxylation is 2. The molecule has 3 fully saturated rings. The number of benzene rings is 1. The number of hydrogen-bond acceptors (Lipinski definition) is 3. The number of carbonyl (C=O) groups is 3. The molecule has 4 rings (SSSR count). The maximum atomic E-state index is 13.0. The Morgan fingerprint density at radius 1 is 1.03 bits per heavy atom. The first-order valence-electron chi connectivity index (χ1n) is 11.5. The van der Waals surface area contributed by atoms with E-state index < -0.39 is 6.04 Å². The summed E-state index contributed by atoms with van der Waals surface area (Å²) in [6, 6.07) is 5.74. The fourth-order valence-electron chi connectivity index (χ4n) is 5.22. The van der Waals surface area contributed by atoms with Gasteiger partial charge in [-0.25, -0.2) is 4.79 Å². The van der Waals surface area contributed by atoms with Crippen molar-refractivity contribution in [2.24, 2.45) is 0 Å². The zero-order valence-electron chi connectivity index (χ0n) is 18.2. The maximum Gasteiger partial charge on any atom is 0.325 e. The number of likely N-dealkylation sites (tertiary alicyclic amines) is 1. The van der Waals surface area contributed by atoms with Crippen LogP contribution in [0, 0.1) is 13.8 Å². The molecule has 2 heterocycles. The number of urea groups is 1. The fraction of sp³-hybridized carbons (Fsp3) is 0.625. The average molecular weight is 412 g/mol. The molecule has 0 radical (unpaired) electrons. The number of rotatable bonds is 5. The van der Waals surface area contributed by atoms with E-state index in [4.69, 9.17) is 0 Å². The fourth-order valence-corrected chi connectivity index (χ4v) is 5.22. The van der Waals surface area contributed by atoms with E-state index >= 15 is 0 Å². The molecule has 2 saturated heterocycles. The van der Waals surface area contributed by atoms with Crippen molar-refractivity contribution in [2.45, 2.75) is 89.8 Å². The molecule has 1 aromatic rings. The molecule has 30 heavy (non-hydrogen) atoms. The second-order valence-corrected chi connectivity index (χ2v) is 9.13. The molecule has 1 saturated carbocycles. The van der Waals surface area contributed by atoms with Crippen molar-refractivity contribution in [2.75, 3.05) is 6.54 Å². The monoisotopic (exact) mass is 411 g/mol. The predicted octanol–water partition coefficient (Wildman–Crippen LogP) is 4.00. The van der Waals surface area contributed by atoms with Gasteiger partial charge < -0.3 is 10.2 Å². The van der Waals surface area contributed by atoms with Gasteiger partial charge in [0.1, 0.15) is 6.04 Å². The van der Waals surface area contributed by atoms with Crippen LogP contribution in [0.5, 0.6) is 0 Å². The van der Waals surface area contributed by atoms with E-state index in [-0.39, 0.29) is 36.3 Å². The lowest BCUT2D eigenvalue weighted by atomic mass is 9.94. The van der Waals surface area contributed by atoms with Crippen LogP contribution < -0.4 is 5.32 Å². The summed E-state index contributed by atoms with van der Waals surface area (Å²) < 4.78 is 0. The zero-order chi connectivity index (χ0) is 21.3. The minimum atomic E-state index is -0.564. The van der Waals surface area contributed by atoms with E-state index in [1.54, 1.807) is 0 Å². The molecular formula is C24H33N3O3. The molecule has 0 aromatic heterocycles. The summed E-state index contributed by atoms with van der Waals surface area (Å²) in [5, 5.41) is 2.82. The zero-order valence-corrected chi connectivity index (χ0v) is 18.2. The number of hydrogen-bond donors (Lipinski definition) is 1. The van der Waals surface area contributed by atoms with Crippen LogP contribution >= 0.6 is 0 Å². The van der Waals surface area contributed by atoms with Crippen LogP contribution in [0.15, 0.2) is 18.2 Å². The molecule has 0 bridgehead atoms. The van der Waals surface area contributed by atoms with Gasteiger partial charge in [0.15, 0.2) is 0 Å². The molecular weight excluding hydrogens is 378 g/mol. The SMILES string of the molecule is Cc1ccc([C@@H]2CCCN2C(=O)CC[C@H]2NC(=O)N(C3CCCCC3)C2=O)cc1C. The molecule has 1 aromatic carbocycles. The van der Waals surface area contributed by atoms with Crippen molar-refractivity contribution in [1.29, 1.82) is 0 Å². The topological polar surface area (TPSA) is 69.7 Å². The second kappa shape index (κ2) is 8.78. The number of carbonyl (C=O) groups excluding carboxylic acids is 3. The molecule has 6 nitrogen and oxygen atoms in total. The summed E-state index contributed by atoms with van der Waals surface area (Å²) in [5.41, 5.74) is 3.69. The smallest absolute Gasteiger partial charge is 0.325 e. The van der Waals surface area contributed by atoms with Gasteiger partial charge in [-0.15, -0.1) is 0 Å². The molecule has 0 spiro atoms. The number of imide groups is 1. The van der Waals surface area contributed by atoms with Gasteiger partial charge in [-0.05, 0) is 62.6 Å². The number of amides is 4. The highest BCUT2D eigenvalue weighted by Crippen LogP contribution is 2.34. The Balaban J connectivity index is 1.36. The third kappa shape index (κ3) is 4.09. The highest BCUT2D eigenvalue weighted by atomic mass is 16.2. The van der Waals surface area contributed by atoms with E-state index in [1.807, 2.05) is 4.90 Å². The van der Waals surface area contributed by atoms with Gasteiger partial charge in [0.25, 0.3) is 5.91 Å². The third-order valence-corrected chi connectivity index (χ3v) is 7.13. The van der Waals surface area contributed by atoms with Crippen molar-refractivity contribution >= 4 is 17.8 Å². The number of nitrogens with one attached hydrogen (secondary N) is 1. The largest absolute Gasteiger partial charge is 0.336 e. The molecule has 2 atom stereocenters. The van der Waals surface area contributed by atoms with E-state index in [1.165, 1.54) is 28.0 Å². The van der Waals surface area contributed by atoms with Crippen molar-refractivity contribution in [1.82, 2.24) is 15.1 Å². The molecule has 1 aliphatic carbocycles. The highest BCUT2D eigenvalue weighted by molar-refractivity contribution is 6.04. The summed E-state index contributed by atoms with van der Waals surface area (Å²) in [4.78, 5) is 41.6. The minimum absolute atomic E-state index is 0.0275. The van der Waals surface area contributed by atoms with E-state index in [0.717, 1.165) is 45.1 Å². The van der Waals surface area contributed by atoms with Gasteiger partial charge in [-0.2, -0.15) is 0 Å².